The van der Waals surface area contributed by atoms with Crippen molar-refractivity contribution in [3.8, 4) is 0 Å². The Morgan fingerprint density at radius 2 is 2.33 bits per heavy atom. The van der Waals surface area contributed by atoms with Gasteiger partial charge in [0, 0.05) is 18.5 Å². The summed E-state index contributed by atoms with van der Waals surface area (Å²) in [7, 11) is 0. The number of rotatable bonds is 0. The highest BCUT2D eigenvalue weighted by Gasteiger charge is 2.21. The van der Waals surface area contributed by atoms with Crippen molar-refractivity contribution >= 4 is 5.91 Å². The zero-order chi connectivity index (χ0) is 8.55. The third-order valence-corrected chi connectivity index (χ3v) is 2.45. The molecule has 12 heavy (non-hydrogen) atoms. The number of amides is 1. The molecule has 1 aliphatic heterocycles. The molecular formula is C10H12NO. The van der Waals surface area contributed by atoms with Crippen LogP contribution in [0.5, 0.6) is 0 Å². The summed E-state index contributed by atoms with van der Waals surface area (Å²) < 4.78 is 0. The van der Waals surface area contributed by atoms with Gasteiger partial charge in [-0.2, -0.15) is 0 Å². The highest BCUT2D eigenvalue weighted by Crippen LogP contribution is 2.28. The molecule has 0 bridgehead atoms. The van der Waals surface area contributed by atoms with Crippen LogP contribution in [0.15, 0.2) is 23.4 Å². The van der Waals surface area contributed by atoms with E-state index in [0.29, 0.717) is 12.3 Å². The lowest BCUT2D eigenvalue weighted by molar-refractivity contribution is -0.120. The summed E-state index contributed by atoms with van der Waals surface area (Å²) >= 11 is 0. The topological polar surface area (TPSA) is 29.1 Å². The van der Waals surface area contributed by atoms with Gasteiger partial charge in [-0.25, -0.2) is 0 Å². The van der Waals surface area contributed by atoms with Gasteiger partial charge in [0.05, 0.1) is 0 Å². The van der Waals surface area contributed by atoms with Gasteiger partial charge in [0.1, 0.15) is 0 Å². The number of carbonyl (C=O) groups excluding carboxylic acids is 1. The van der Waals surface area contributed by atoms with Crippen LogP contribution in [0.4, 0.5) is 0 Å². The van der Waals surface area contributed by atoms with Crippen LogP contribution in [0.2, 0.25) is 0 Å². The Kier molecular flexibility index (Phi) is 1.75. The van der Waals surface area contributed by atoms with Crippen molar-refractivity contribution in [2.45, 2.75) is 19.8 Å². The van der Waals surface area contributed by atoms with Crippen molar-refractivity contribution in [1.29, 1.82) is 0 Å². The Labute approximate surface area is 72.3 Å². The molecular weight excluding hydrogens is 150 g/mol. The summed E-state index contributed by atoms with van der Waals surface area (Å²) in [6.45, 7) is 2.16. The van der Waals surface area contributed by atoms with Crippen LogP contribution in [0.1, 0.15) is 19.8 Å². The van der Waals surface area contributed by atoms with E-state index < -0.39 is 0 Å². The molecule has 1 radical (unpaired) electrons. The maximum absolute atomic E-state index is 11.0. The maximum atomic E-state index is 11.0. The molecule has 0 saturated heterocycles. The Hall–Kier alpha value is -1.05. The van der Waals surface area contributed by atoms with E-state index in [9.17, 15) is 4.79 Å². The van der Waals surface area contributed by atoms with Crippen molar-refractivity contribution in [3.63, 3.8) is 0 Å². The van der Waals surface area contributed by atoms with Crippen molar-refractivity contribution in [3.05, 3.63) is 29.8 Å². The van der Waals surface area contributed by atoms with Crippen LogP contribution in [0.3, 0.4) is 0 Å². The minimum absolute atomic E-state index is 0.146. The molecule has 1 N–H and O–H groups in total. The first kappa shape index (κ1) is 7.59. The molecule has 1 unspecified atom stereocenters. The number of hydrogen-bond acceptors (Lipinski definition) is 1. The van der Waals surface area contributed by atoms with Crippen molar-refractivity contribution in [1.82, 2.24) is 5.32 Å². The molecule has 0 saturated carbocycles. The Balaban J connectivity index is 2.26. The predicted molar refractivity (Wildman–Crippen MR) is 47.0 cm³/mol. The normalized spacial score (nSPS) is 28.4. The number of nitrogens with one attached hydrogen (secondary N) is 1. The van der Waals surface area contributed by atoms with Gasteiger partial charge >= 0.3 is 0 Å². The molecule has 1 aliphatic carbocycles. The quantitative estimate of drug-likeness (QED) is 0.575. The Morgan fingerprint density at radius 1 is 1.50 bits per heavy atom. The second kappa shape index (κ2) is 2.77. The average Bonchev–Trinajstić information content (AvgIpc) is 2.04. The summed E-state index contributed by atoms with van der Waals surface area (Å²) in [6, 6.07) is 0. The van der Waals surface area contributed by atoms with E-state index in [2.05, 4.69) is 18.3 Å². The van der Waals surface area contributed by atoms with Crippen LogP contribution < -0.4 is 5.32 Å². The van der Waals surface area contributed by atoms with Gasteiger partial charge in [0.2, 0.25) is 5.91 Å². The van der Waals surface area contributed by atoms with Crippen molar-refractivity contribution in [2.24, 2.45) is 5.92 Å². The van der Waals surface area contributed by atoms with Crippen LogP contribution in [-0.2, 0) is 4.79 Å². The number of carbonyl (C=O) groups is 1. The van der Waals surface area contributed by atoms with Gasteiger partial charge < -0.3 is 5.32 Å². The highest BCUT2D eigenvalue weighted by molar-refractivity contribution is 5.80. The highest BCUT2D eigenvalue weighted by atomic mass is 16.1. The zero-order valence-corrected chi connectivity index (χ0v) is 7.13. The standard InChI is InChI=1S/C10H12NO/c1-7-3-2-4-9-8(7)5-6-10(12)11-9/h2-4,7H,5-6H2,1H3,(H,11,12). The molecule has 63 valence electrons. The molecule has 0 aromatic rings. The smallest absolute Gasteiger partial charge is 0.224 e. The molecule has 1 amide bonds. The van der Waals surface area contributed by atoms with Crippen LogP contribution >= 0.6 is 0 Å². The van der Waals surface area contributed by atoms with Crippen molar-refractivity contribution in [2.75, 3.05) is 0 Å². The monoisotopic (exact) mass is 162 g/mol. The van der Waals surface area contributed by atoms with Crippen LogP contribution in [0.25, 0.3) is 0 Å². The number of allylic oxidation sites excluding steroid dienone is 3. The van der Waals surface area contributed by atoms with Gasteiger partial charge in [0.15, 0.2) is 0 Å². The molecule has 0 spiro atoms. The van der Waals surface area contributed by atoms with Crippen LogP contribution in [-0.4, -0.2) is 5.91 Å². The minimum Gasteiger partial charge on any atom is -0.329 e. The molecule has 2 aliphatic rings. The van der Waals surface area contributed by atoms with E-state index >= 15 is 0 Å². The fraction of sp³-hybridized carbons (Fsp3) is 0.400. The van der Waals surface area contributed by atoms with E-state index in [1.54, 1.807) is 0 Å². The van der Waals surface area contributed by atoms with Gasteiger partial charge in [-0.05, 0) is 17.9 Å². The van der Waals surface area contributed by atoms with E-state index in [1.165, 1.54) is 5.57 Å². The van der Waals surface area contributed by atoms with E-state index in [-0.39, 0.29) is 5.91 Å². The van der Waals surface area contributed by atoms with Gasteiger partial charge in [-0.1, -0.05) is 19.1 Å². The third-order valence-electron chi connectivity index (χ3n) is 2.45. The lowest BCUT2D eigenvalue weighted by Gasteiger charge is -2.26. The van der Waals surface area contributed by atoms with Gasteiger partial charge in [-0.3, -0.25) is 4.79 Å². The predicted octanol–water partition coefficient (Wildman–Crippen LogP) is 1.56. The molecule has 0 aromatic heterocycles. The molecule has 2 rings (SSSR count). The fourth-order valence-corrected chi connectivity index (χ4v) is 1.73. The maximum Gasteiger partial charge on any atom is 0.224 e. The largest absolute Gasteiger partial charge is 0.329 e. The molecule has 1 heterocycles. The first-order valence-corrected chi connectivity index (χ1v) is 4.32. The molecule has 2 heteroatoms. The SMILES string of the molecule is CC1C=C[CH]C2=C1CCC(=O)N2. The van der Waals surface area contributed by atoms with E-state index in [4.69, 9.17) is 0 Å². The van der Waals surface area contributed by atoms with Gasteiger partial charge in [0.25, 0.3) is 0 Å². The zero-order valence-electron chi connectivity index (χ0n) is 7.13. The molecule has 0 aromatic carbocycles. The first-order chi connectivity index (χ1) is 5.77. The lowest BCUT2D eigenvalue weighted by Crippen LogP contribution is -2.30. The summed E-state index contributed by atoms with van der Waals surface area (Å²) in [4.78, 5) is 11.0. The third kappa shape index (κ3) is 1.17. The second-order valence-electron chi connectivity index (χ2n) is 3.33. The molecule has 2 nitrogen and oxygen atoms in total. The second-order valence-corrected chi connectivity index (χ2v) is 3.33. The van der Waals surface area contributed by atoms with E-state index in [0.717, 1.165) is 12.1 Å². The first-order valence-electron chi connectivity index (χ1n) is 4.32. The fourth-order valence-electron chi connectivity index (χ4n) is 1.73. The van der Waals surface area contributed by atoms with Crippen LogP contribution in [0, 0.1) is 12.3 Å². The number of hydrogen-bond donors (Lipinski definition) is 1. The summed E-state index contributed by atoms with van der Waals surface area (Å²) in [5.41, 5.74) is 2.40. The van der Waals surface area contributed by atoms with Crippen molar-refractivity contribution < 1.29 is 4.79 Å². The minimum atomic E-state index is 0.146. The molecule has 1 atom stereocenters. The molecule has 0 fully saturated rings. The Bertz CT molecular complexity index is 276. The summed E-state index contributed by atoms with van der Waals surface area (Å²) in [5.74, 6) is 0.637. The summed E-state index contributed by atoms with van der Waals surface area (Å²) in [5, 5.41) is 2.88. The van der Waals surface area contributed by atoms with E-state index in [1.807, 2.05) is 12.5 Å². The Morgan fingerprint density at radius 3 is 3.17 bits per heavy atom. The van der Waals surface area contributed by atoms with Gasteiger partial charge in [-0.15, -0.1) is 0 Å². The lowest BCUT2D eigenvalue weighted by atomic mass is 9.87. The summed E-state index contributed by atoms with van der Waals surface area (Å²) in [6.07, 6.45) is 7.71. The average molecular weight is 162 g/mol.